The predicted molar refractivity (Wildman–Crippen MR) is 108 cm³/mol. The van der Waals surface area contributed by atoms with Gasteiger partial charge < -0.3 is 9.47 Å². The second-order valence-electron chi connectivity index (χ2n) is 5.25. The summed E-state index contributed by atoms with van der Waals surface area (Å²) in [7, 11) is 1.65. The average molecular weight is 406 g/mol. The van der Waals surface area contributed by atoms with E-state index in [4.69, 9.17) is 21.7 Å². The number of hydrogen-bond acceptors (Lipinski definition) is 7. The molecule has 0 spiro atoms. The summed E-state index contributed by atoms with van der Waals surface area (Å²) in [6, 6.07) is 8.66. The number of esters is 1. The zero-order valence-corrected chi connectivity index (χ0v) is 16.5. The number of nitrogens with zero attached hydrogens (tertiary/aromatic N) is 1. The molecule has 1 aromatic heterocycles. The molecule has 0 aliphatic carbocycles. The van der Waals surface area contributed by atoms with Crippen molar-refractivity contribution in [2.75, 3.05) is 13.7 Å². The fourth-order valence-electron chi connectivity index (χ4n) is 2.21. The van der Waals surface area contributed by atoms with Crippen LogP contribution in [0.4, 0.5) is 0 Å². The van der Waals surface area contributed by atoms with Crippen LogP contribution >= 0.6 is 35.3 Å². The number of carbonyl (C=O) groups is 2. The highest BCUT2D eigenvalue weighted by atomic mass is 32.2. The van der Waals surface area contributed by atoms with Crippen LogP contribution in [0.3, 0.4) is 0 Å². The van der Waals surface area contributed by atoms with Crippen molar-refractivity contribution >= 4 is 57.6 Å². The maximum atomic E-state index is 12.2. The fraction of sp³-hybridized carbons (Fsp3) is 0.167. The van der Waals surface area contributed by atoms with Crippen molar-refractivity contribution in [2.45, 2.75) is 6.92 Å². The smallest absolute Gasteiger partial charge is 0.353 e. The number of ether oxygens (including phenoxy) is 2. The first-order valence-electron chi connectivity index (χ1n) is 7.73. The standard InChI is InChI=1S/C18H15NO4S3/c1-3-22-13-9-11(10-15-16(20)19(2)18(24)26-15)6-7-12(13)23-17(21)14-5-4-8-25-14/h4-10H,3H2,1-2H3/b15-10+. The largest absolute Gasteiger partial charge is 0.490 e. The number of thiophene rings is 1. The Kier molecular flexibility index (Phi) is 5.75. The number of thioether (sulfide) groups is 1. The molecule has 26 heavy (non-hydrogen) atoms. The van der Waals surface area contributed by atoms with Crippen molar-refractivity contribution in [1.29, 1.82) is 0 Å². The highest BCUT2D eigenvalue weighted by Crippen LogP contribution is 2.34. The van der Waals surface area contributed by atoms with Gasteiger partial charge in [0.15, 0.2) is 11.5 Å². The number of rotatable bonds is 5. The van der Waals surface area contributed by atoms with Gasteiger partial charge in [0, 0.05) is 7.05 Å². The number of benzene rings is 1. The molecular formula is C18H15NO4S3. The van der Waals surface area contributed by atoms with Gasteiger partial charge in [-0.25, -0.2) is 4.79 Å². The molecule has 1 aliphatic rings. The minimum absolute atomic E-state index is 0.133. The summed E-state index contributed by atoms with van der Waals surface area (Å²) in [6.07, 6.45) is 1.75. The van der Waals surface area contributed by atoms with Crippen LogP contribution in [0.5, 0.6) is 11.5 Å². The third kappa shape index (κ3) is 3.98. The molecule has 0 unspecified atom stereocenters. The zero-order chi connectivity index (χ0) is 18.7. The van der Waals surface area contributed by atoms with Crippen LogP contribution < -0.4 is 9.47 Å². The molecule has 0 atom stereocenters. The average Bonchev–Trinajstić information content (AvgIpc) is 3.23. The van der Waals surface area contributed by atoms with E-state index in [0.29, 0.717) is 32.2 Å². The molecule has 1 amide bonds. The first-order valence-corrected chi connectivity index (χ1v) is 9.84. The van der Waals surface area contributed by atoms with Crippen molar-refractivity contribution < 1.29 is 19.1 Å². The number of thiocarbonyl (C=S) groups is 1. The summed E-state index contributed by atoms with van der Waals surface area (Å²) in [6.45, 7) is 2.27. The third-order valence-corrected chi connectivity index (χ3v) is 5.81. The van der Waals surface area contributed by atoms with Gasteiger partial charge >= 0.3 is 5.97 Å². The first kappa shape index (κ1) is 18.6. The Labute approximate surface area is 164 Å². The highest BCUT2D eigenvalue weighted by Gasteiger charge is 2.28. The number of hydrogen-bond donors (Lipinski definition) is 0. The summed E-state index contributed by atoms with van der Waals surface area (Å²) >= 11 is 7.70. The van der Waals surface area contributed by atoms with E-state index in [-0.39, 0.29) is 5.91 Å². The van der Waals surface area contributed by atoms with E-state index >= 15 is 0 Å². The zero-order valence-electron chi connectivity index (χ0n) is 14.1. The molecule has 1 aromatic carbocycles. The van der Waals surface area contributed by atoms with Crippen molar-refractivity contribution in [3.05, 3.63) is 51.1 Å². The molecular weight excluding hydrogens is 390 g/mol. The summed E-state index contributed by atoms with van der Waals surface area (Å²) in [5.74, 6) is 0.218. The maximum Gasteiger partial charge on any atom is 0.353 e. The SMILES string of the molecule is CCOc1cc(/C=C2/SC(=S)N(C)C2=O)ccc1OC(=O)c1cccs1. The molecule has 5 nitrogen and oxygen atoms in total. The van der Waals surface area contributed by atoms with E-state index < -0.39 is 5.97 Å². The Balaban J connectivity index is 1.86. The molecule has 0 radical (unpaired) electrons. The first-order chi connectivity index (χ1) is 12.5. The van der Waals surface area contributed by atoms with Gasteiger partial charge in [-0.05, 0) is 42.1 Å². The van der Waals surface area contributed by atoms with Crippen LogP contribution in [0.2, 0.25) is 0 Å². The highest BCUT2D eigenvalue weighted by molar-refractivity contribution is 8.26. The summed E-state index contributed by atoms with van der Waals surface area (Å²) in [5.41, 5.74) is 0.762. The van der Waals surface area contributed by atoms with Gasteiger partial charge in [0.1, 0.15) is 9.20 Å². The molecule has 0 bridgehead atoms. The monoisotopic (exact) mass is 405 g/mol. The van der Waals surface area contributed by atoms with Crippen molar-refractivity contribution in [3.8, 4) is 11.5 Å². The van der Waals surface area contributed by atoms with Crippen LogP contribution in [0.15, 0.2) is 40.6 Å². The Morgan fingerprint density at radius 1 is 1.31 bits per heavy atom. The van der Waals surface area contributed by atoms with Crippen molar-refractivity contribution in [1.82, 2.24) is 4.90 Å². The number of amides is 1. The van der Waals surface area contributed by atoms with Gasteiger partial charge in [0.2, 0.25) is 0 Å². The van der Waals surface area contributed by atoms with E-state index in [0.717, 1.165) is 5.56 Å². The summed E-state index contributed by atoms with van der Waals surface area (Å²) in [5, 5.41) is 1.81. The Morgan fingerprint density at radius 3 is 2.73 bits per heavy atom. The molecule has 1 aliphatic heterocycles. The molecule has 2 heterocycles. The van der Waals surface area contributed by atoms with Crippen LogP contribution in [0, 0.1) is 0 Å². The molecule has 2 aromatic rings. The minimum atomic E-state index is -0.430. The van der Waals surface area contributed by atoms with Crippen LogP contribution in [-0.4, -0.2) is 34.8 Å². The lowest BCUT2D eigenvalue weighted by atomic mass is 10.2. The van der Waals surface area contributed by atoms with Crippen LogP contribution in [0.1, 0.15) is 22.2 Å². The van der Waals surface area contributed by atoms with Gasteiger partial charge in [0.05, 0.1) is 11.5 Å². The van der Waals surface area contributed by atoms with Gasteiger partial charge in [-0.1, -0.05) is 36.1 Å². The van der Waals surface area contributed by atoms with Crippen LogP contribution in [-0.2, 0) is 4.79 Å². The Bertz CT molecular complexity index is 890. The third-order valence-electron chi connectivity index (χ3n) is 3.48. The lowest BCUT2D eigenvalue weighted by Gasteiger charge is -2.11. The van der Waals surface area contributed by atoms with E-state index in [2.05, 4.69) is 0 Å². The Morgan fingerprint density at radius 2 is 2.12 bits per heavy atom. The van der Waals surface area contributed by atoms with E-state index in [1.165, 1.54) is 28.0 Å². The molecule has 3 rings (SSSR count). The molecule has 0 saturated carbocycles. The van der Waals surface area contributed by atoms with Gasteiger partial charge in [-0.3, -0.25) is 9.69 Å². The molecule has 1 fully saturated rings. The maximum absolute atomic E-state index is 12.2. The minimum Gasteiger partial charge on any atom is -0.490 e. The molecule has 8 heteroatoms. The van der Waals surface area contributed by atoms with E-state index in [1.54, 1.807) is 43.5 Å². The number of likely N-dealkylation sites (N-methyl/N-ethyl adjacent to an activating group) is 1. The second kappa shape index (κ2) is 8.03. The van der Waals surface area contributed by atoms with Gasteiger partial charge in [0.25, 0.3) is 5.91 Å². The van der Waals surface area contributed by atoms with Crippen LogP contribution in [0.25, 0.3) is 6.08 Å². The topological polar surface area (TPSA) is 55.8 Å². The summed E-state index contributed by atoms with van der Waals surface area (Å²) < 4.78 is 11.6. The predicted octanol–water partition coefficient (Wildman–Crippen LogP) is 4.20. The molecule has 0 N–H and O–H groups in total. The molecule has 1 saturated heterocycles. The van der Waals surface area contributed by atoms with Crippen molar-refractivity contribution in [2.24, 2.45) is 0 Å². The quantitative estimate of drug-likeness (QED) is 0.322. The molecule has 134 valence electrons. The normalized spacial score (nSPS) is 15.6. The lowest BCUT2D eigenvalue weighted by Crippen LogP contribution is -2.22. The van der Waals surface area contributed by atoms with E-state index in [9.17, 15) is 9.59 Å². The van der Waals surface area contributed by atoms with E-state index in [1.807, 2.05) is 12.3 Å². The lowest BCUT2D eigenvalue weighted by molar-refractivity contribution is -0.121. The van der Waals surface area contributed by atoms with Gasteiger partial charge in [-0.15, -0.1) is 11.3 Å². The van der Waals surface area contributed by atoms with Crippen molar-refractivity contribution in [3.63, 3.8) is 0 Å². The number of carbonyl (C=O) groups excluding carboxylic acids is 2. The summed E-state index contributed by atoms with van der Waals surface area (Å²) in [4.78, 5) is 26.8. The Hall–Kier alpha value is -2.16. The second-order valence-corrected chi connectivity index (χ2v) is 7.87. The van der Waals surface area contributed by atoms with Gasteiger partial charge in [-0.2, -0.15) is 0 Å². The fourth-order valence-corrected chi connectivity index (χ4v) is 3.99.